The summed E-state index contributed by atoms with van der Waals surface area (Å²) in [6.45, 7) is 5.86. The highest BCUT2D eigenvalue weighted by Crippen LogP contribution is 2.23. The first kappa shape index (κ1) is 23.4. The molecule has 152 valence electrons. The van der Waals surface area contributed by atoms with Crippen LogP contribution in [-0.2, 0) is 14.3 Å². The monoisotopic (exact) mass is 385 g/mol. The van der Waals surface area contributed by atoms with E-state index in [1.165, 1.54) is 18.2 Å². The molecule has 0 radical (unpaired) electrons. The van der Waals surface area contributed by atoms with Gasteiger partial charge in [-0.2, -0.15) is 0 Å². The van der Waals surface area contributed by atoms with Crippen molar-refractivity contribution in [2.75, 3.05) is 0 Å². The van der Waals surface area contributed by atoms with Crippen LogP contribution in [0.15, 0.2) is 60.7 Å². The normalized spacial score (nSPS) is 16.3. The lowest BCUT2D eigenvalue weighted by atomic mass is 9.86. The van der Waals surface area contributed by atoms with Crippen LogP contribution in [-0.4, -0.2) is 29.2 Å². The molecule has 5 heteroatoms. The Morgan fingerprint density at radius 2 is 1.82 bits per heavy atom. The number of carbonyl (C=O) groups excluding carboxylic acids is 2. The molecule has 1 aromatic carbocycles. The van der Waals surface area contributed by atoms with Gasteiger partial charge in [-0.15, -0.1) is 0 Å². The number of nitrogens with two attached hydrogens (primary N) is 1. The van der Waals surface area contributed by atoms with Crippen LogP contribution >= 0.6 is 0 Å². The Bertz CT molecular complexity index is 694. The molecule has 0 bridgehead atoms. The van der Waals surface area contributed by atoms with Gasteiger partial charge in [0, 0.05) is 24.5 Å². The third-order valence-electron chi connectivity index (χ3n) is 4.71. The lowest BCUT2D eigenvalue weighted by Gasteiger charge is -2.30. The maximum atomic E-state index is 12.3. The molecule has 0 unspecified atom stereocenters. The molecule has 1 amide bonds. The largest absolute Gasteiger partial charge is 0.458 e. The van der Waals surface area contributed by atoms with Gasteiger partial charge < -0.3 is 15.6 Å². The first-order valence-electron chi connectivity index (χ1n) is 9.59. The zero-order valence-corrected chi connectivity index (χ0v) is 16.8. The number of hydrogen-bond donors (Lipinski definition) is 2. The molecule has 28 heavy (non-hydrogen) atoms. The summed E-state index contributed by atoms with van der Waals surface area (Å²) < 4.78 is 5.62. The molecule has 0 aliphatic carbocycles. The average molecular weight is 386 g/mol. The highest BCUT2D eigenvalue weighted by atomic mass is 16.5. The SMILES string of the molecule is CC[C@H](C)[C@@H](O)[C@@H](C)[C@H](C/C=C/C=C\C(N)=O)OC(=O)/C=C/c1ccccc1. The van der Waals surface area contributed by atoms with Gasteiger partial charge in [0.05, 0.1) is 6.10 Å². The molecule has 0 saturated carbocycles. The number of hydrogen-bond acceptors (Lipinski definition) is 4. The third kappa shape index (κ3) is 8.82. The van der Waals surface area contributed by atoms with Crippen LogP contribution in [0.4, 0.5) is 0 Å². The average Bonchev–Trinajstić information content (AvgIpc) is 2.69. The predicted molar refractivity (Wildman–Crippen MR) is 112 cm³/mol. The standard InChI is InChI=1S/C23H31NO4/c1-4-17(2)23(27)18(3)20(13-9-6-10-14-21(24)25)28-22(26)16-15-19-11-7-5-8-12-19/h5-12,14-18,20,23,27H,4,13H2,1-3H3,(H2,24,25)/b9-6+,14-10-,16-15+/t17-,18-,20-,23+/m0/s1. The van der Waals surface area contributed by atoms with Gasteiger partial charge in [-0.25, -0.2) is 4.79 Å². The molecule has 0 heterocycles. The van der Waals surface area contributed by atoms with Crippen molar-refractivity contribution < 1.29 is 19.4 Å². The lowest BCUT2D eigenvalue weighted by molar-refractivity contribution is -0.148. The summed E-state index contributed by atoms with van der Waals surface area (Å²) in [4.78, 5) is 23.0. The summed E-state index contributed by atoms with van der Waals surface area (Å²) >= 11 is 0. The molecule has 0 fully saturated rings. The number of benzene rings is 1. The number of primary amides is 1. The van der Waals surface area contributed by atoms with E-state index in [1.807, 2.05) is 51.1 Å². The summed E-state index contributed by atoms with van der Waals surface area (Å²) in [5, 5.41) is 10.5. The van der Waals surface area contributed by atoms with Gasteiger partial charge in [-0.3, -0.25) is 4.79 Å². The van der Waals surface area contributed by atoms with Crippen molar-refractivity contribution in [3.8, 4) is 0 Å². The van der Waals surface area contributed by atoms with Crippen LogP contribution in [0, 0.1) is 11.8 Å². The number of aliphatic hydroxyl groups is 1. The summed E-state index contributed by atoms with van der Waals surface area (Å²) in [6.07, 6.45) is 9.50. The molecular weight excluding hydrogens is 354 g/mol. The fourth-order valence-corrected chi connectivity index (χ4v) is 2.71. The zero-order chi connectivity index (χ0) is 20.9. The molecule has 0 spiro atoms. The van der Waals surface area contributed by atoms with Crippen LogP contribution in [0.25, 0.3) is 6.08 Å². The van der Waals surface area contributed by atoms with E-state index in [0.717, 1.165) is 12.0 Å². The van der Waals surface area contributed by atoms with Crippen molar-refractivity contribution in [2.45, 2.75) is 45.8 Å². The van der Waals surface area contributed by atoms with E-state index in [1.54, 1.807) is 18.2 Å². The summed E-state index contributed by atoms with van der Waals surface area (Å²) in [6, 6.07) is 9.48. The molecule has 0 aliphatic heterocycles. The van der Waals surface area contributed by atoms with E-state index in [0.29, 0.717) is 6.42 Å². The maximum absolute atomic E-state index is 12.3. The first-order chi connectivity index (χ1) is 13.3. The number of aliphatic hydroxyl groups excluding tert-OH is 1. The topological polar surface area (TPSA) is 89.6 Å². The Kier molecular flexibility index (Phi) is 10.6. The number of carbonyl (C=O) groups is 2. The van der Waals surface area contributed by atoms with Gasteiger partial charge in [0.25, 0.3) is 0 Å². The summed E-state index contributed by atoms with van der Waals surface area (Å²) in [5.41, 5.74) is 5.95. The van der Waals surface area contributed by atoms with E-state index in [9.17, 15) is 14.7 Å². The minimum atomic E-state index is -0.588. The Labute approximate surface area is 167 Å². The van der Waals surface area contributed by atoms with Crippen molar-refractivity contribution in [3.63, 3.8) is 0 Å². The molecule has 5 nitrogen and oxygen atoms in total. The van der Waals surface area contributed by atoms with E-state index in [-0.39, 0.29) is 11.8 Å². The van der Waals surface area contributed by atoms with Crippen LogP contribution in [0.1, 0.15) is 39.2 Å². The van der Waals surface area contributed by atoms with Gasteiger partial charge in [0.2, 0.25) is 5.91 Å². The highest BCUT2D eigenvalue weighted by Gasteiger charge is 2.29. The van der Waals surface area contributed by atoms with Gasteiger partial charge in [0.1, 0.15) is 6.10 Å². The summed E-state index contributed by atoms with van der Waals surface area (Å²) in [5.74, 6) is -1.14. The predicted octanol–water partition coefficient (Wildman–Crippen LogP) is 3.64. The van der Waals surface area contributed by atoms with Gasteiger partial charge >= 0.3 is 5.97 Å². The second-order valence-corrected chi connectivity index (χ2v) is 6.88. The Morgan fingerprint density at radius 1 is 1.14 bits per heavy atom. The smallest absolute Gasteiger partial charge is 0.331 e. The third-order valence-corrected chi connectivity index (χ3v) is 4.71. The summed E-state index contributed by atoms with van der Waals surface area (Å²) in [7, 11) is 0. The second-order valence-electron chi connectivity index (χ2n) is 6.88. The van der Waals surface area contributed by atoms with Crippen molar-refractivity contribution in [1.29, 1.82) is 0 Å². The lowest BCUT2D eigenvalue weighted by Crippen LogP contribution is -2.36. The highest BCUT2D eigenvalue weighted by molar-refractivity contribution is 5.87. The van der Waals surface area contributed by atoms with Gasteiger partial charge in [0.15, 0.2) is 0 Å². The maximum Gasteiger partial charge on any atom is 0.331 e. The van der Waals surface area contributed by atoms with E-state index < -0.39 is 24.1 Å². The number of allylic oxidation sites excluding steroid dienone is 2. The van der Waals surface area contributed by atoms with Gasteiger partial charge in [-0.05, 0) is 17.6 Å². The fourth-order valence-electron chi connectivity index (χ4n) is 2.71. The fraction of sp³-hybridized carbons (Fsp3) is 0.391. The Morgan fingerprint density at radius 3 is 2.43 bits per heavy atom. The molecule has 3 N–H and O–H groups in total. The van der Waals surface area contributed by atoms with Crippen LogP contribution < -0.4 is 5.73 Å². The van der Waals surface area contributed by atoms with E-state index in [4.69, 9.17) is 10.5 Å². The molecule has 0 aliphatic rings. The number of ether oxygens (including phenoxy) is 1. The molecule has 1 rings (SSSR count). The first-order valence-corrected chi connectivity index (χ1v) is 9.59. The zero-order valence-electron chi connectivity index (χ0n) is 16.8. The minimum absolute atomic E-state index is 0.0924. The van der Waals surface area contributed by atoms with Crippen LogP contribution in [0.2, 0.25) is 0 Å². The van der Waals surface area contributed by atoms with Crippen LogP contribution in [0.3, 0.4) is 0 Å². The molecular formula is C23H31NO4. The number of esters is 1. The Balaban J connectivity index is 2.81. The quantitative estimate of drug-likeness (QED) is 0.346. The van der Waals surface area contributed by atoms with Crippen molar-refractivity contribution in [3.05, 3.63) is 66.3 Å². The Hall–Kier alpha value is -2.66. The minimum Gasteiger partial charge on any atom is -0.458 e. The second kappa shape index (κ2) is 12.7. The van der Waals surface area contributed by atoms with Crippen molar-refractivity contribution in [2.24, 2.45) is 17.6 Å². The molecule has 4 atom stereocenters. The van der Waals surface area contributed by atoms with E-state index in [2.05, 4.69) is 0 Å². The van der Waals surface area contributed by atoms with E-state index >= 15 is 0 Å². The molecule has 0 saturated heterocycles. The van der Waals surface area contributed by atoms with Crippen molar-refractivity contribution >= 4 is 18.0 Å². The van der Waals surface area contributed by atoms with Gasteiger partial charge in [-0.1, -0.05) is 75.8 Å². The molecule has 1 aromatic rings. The van der Waals surface area contributed by atoms with Crippen molar-refractivity contribution in [1.82, 2.24) is 0 Å². The number of amides is 1. The van der Waals surface area contributed by atoms with Crippen LogP contribution in [0.5, 0.6) is 0 Å². The molecule has 0 aromatic heterocycles. The number of rotatable bonds is 11.